The van der Waals surface area contributed by atoms with E-state index in [2.05, 4.69) is 15.1 Å². The first kappa shape index (κ1) is 15.2. The van der Waals surface area contributed by atoms with Crippen LogP contribution >= 0.6 is 0 Å². The second-order valence-corrected chi connectivity index (χ2v) is 5.81. The maximum atomic E-state index is 13.9. The molecule has 5 nitrogen and oxygen atoms in total. The fourth-order valence-corrected chi connectivity index (χ4v) is 2.98. The van der Waals surface area contributed by atoms with Gasteiger partial charge in [-0.25, -0.2) is 4.39 Å². The summed E-state index contributed by atoms with van der Waals surface area (Å²) in [7, 11) is 3.83. The van der Waals surface area contributed by atoms with Gasteiger partial charge in [-0.2, -0.15) is 10.4 Å². The van der Waals surface area contributed by atoms with Gasteiger partial charge in [-0.15, -0.1) is 5.10 Å². The van der Waals surface area contributed by atoms with Crippen LogP contribution < -0.4 is 9.80 Å². The smallest absolute Gasteiger partial charge is 0.150 e. The van der Waals surface area contributed by atoms with Gasteiger partial charge in [0.15, 0.2) is 5.82 Å². The minimum atomic E-state index is -0.482. The zero-order chi connectivity index (χ0) is 16.4. The SMILES string of the molecule is CN(C)c1ccc(C2CCCN2c2cccc(F)c2C#N)nn1. The Kier molecular flexibility index (Phi) is 4.11. The molecular formula is C17H18FN5. The largest absolute Gasteiger partial charge is 0.362 e. The molecule has 1 aliphatic rings. The number of benzene rings is 1. The van der Waals surface area contributed by atoms with E-state index in [1.54, 1.807) is 12.1 Å². The molecule has 2 heterocycles. The van der Waals surface area contributed by atoms with Crippen LogP contribution in [0.15, 0.2) is 30.3 Å². The van der Waals surface area contributed by atoms with Crippen molar-refractivity contribution < 1.29 is 4.39 Å². The number of nitrogens with zero attached hydrogens (tertiary/aromatic N) is 5. The Morgan fingerprint density at radius 2 is 2.09 bits per heavy atom. The van der Waals surface area contributed by atoms with E-state index in [-0.39, 0.29) is 11.6 Å². The summed E-state index contributed by atoms with van der Waals surface area (Å²) in [5, 5.41) is 17.8. The van der Waals surface area contributed by atoms with Crippen LogP contribution in [0.4, 0.5) is 15.9 Å². The maximum absolute atomic E-state index is 13.9. The van der Waals surface area contributed by atoms with Crippen molar-refractivity contribution in [2.45, 2.75) is 18.9 Å². The number of halogens is 1. The van der Waals surface area contributed by atoms with Crippen molar-refractivity contribution in [3.63, 3.8) is 0 Å². The molecule has 1 atom stereocenters. The molecule has 6 heteroatoms. The first-order valence-electron chi connectivity index (χ1n) is 7.58. The van der Waals surface area contributed by atoms with Gasteiger partial charge in [0, 0.05) is 20.6 Å². The summed E-state index contributed by atoms with van der Waals surface area (Å²) in [5.41, 5.74) is 1.58. The molecule has 1 aromatic carbocycles. The highest BCUT2D eigenvalue weighted by molar-refractivity contribution is 5.61. The Balaban J connectivity index is 1.95. The van der Waals surface area contributed by atoms with Crippen molar-refractivity contribution in [1.29, 1.82) is 5.26 Å². The van der Waals surface area contributed by atoms with Crippen LogP contribution in [0.5, 0.6) is 0 Å². The van der Waals surface area contributed by atoms with Gasteiger partial charge in [0.25, 0.3) is 0 Å². The lowest BCUT2D eigenvalue weighted by atomic mass is 10.1. The lowest BCUT2D eigenvalue weighted by Crippen LogP contribution is -2.25. The van der Waals surface area contributed by atoms with Crippen molar-refractivity contribution in [3.05, 3.63) is 47.4 Å². The molecule has 0 aliphatic carbocycles. The quantitative estimate of drug-likeness (QED) is 0.872. The van der Waals surface area contributed by atoms with E-state index in [1.807, 2.05) is 37.2 Å². The lowest BCUT2D eigenvalue weighted by molar-refractivity contribution is 0.619. The van der Waals surface area contributed by atoms with E-state index < -0.39 is 5.82 Å². The Morgan fingerprint density at radius 3 is 2.74 bits per heavy atom. The van der Waals surface area contributed by atoms with Gasteiger partial charge in [-0.3, -0.25) is 0 Å². The topological polar surface area (TPSA) is 56.0 Å². The summed E-state index contributed by atoms with van der Waals surface area (Å²) in [6.45, 7) is 0.778. The fourth-order valence-electron chi connectivity index (χ4n) is 2.98. The van der Waals surface area contributed by atoms with Crippen LogP contribution in [-0.4, -0.2) is 30.8 Å². The standard InChI is InChI=1S/C17H18FN5/c1-22(2)17-9-8-14(20-21-17)16-7-4-10-23(16)15-6-3-5-13(18)12(15)11-19/h3,5-6,8-9,16H,4,7,10H2,1-2H3. The summed E-state index contributed by atoms with van der Waals surface area (Å²) in [5.74, 6) is 0.312. The second-order valence-electron chi connectivity index (χ2n) is 5.81. The zero-order valence-corrected chi connectivity index (χ0v) is 13.2. The maximum Gasteiger partial charge on any atom is 0.150 e. The third-order valence-corrected chi connectivity index (χ3v) is 4.14. The van der Waals surface area contributed by atoms with Gasteiger partial charge in [0.1, 0.15) is 17.4 Å². The fraction of sp³-hybridized carbons (Fsp3) is 0.353. The monoisotopic (exact) mass is 311 g/mol. The van der Waals surface area contributed by atoms with E-state index in [4.69, 9.17) is 0 Å². The van der Waals surface area contributed by atoms with Crippen molar-refractivity contribution in [2.75, 3.05) is 30.4 Å². The molecule has 1 aliphatic heterocycles. The summed E-state index contributed by atoms with van der Waals surface area (Å²) >= 11 is 0. The van der Waals surface area contributed by atoms with Crippen molar-refractivity contribution >= 4 is 11.5 Å². The number of rotatable bonds is 3. The number of hydrogen-bond acceptors (Lipinski definition) is 5. The highest BCUT2D eigenvalue weighted by Gasteiger charge is 2.30. The van der Waals surface area contributed by atoms with Crippen LogP contribution in [0, 0.1) is 17.1 Å². The first-order valence-corrected chi connectivity index (χ1v) is 7.58. The van der Waals surface area contributed by atoms with Crippen LogP contribution in [0.1, 0.15) is 30.1 Å². The van der Waals surface area contributed by atoms with Gasteiger partial charge >= 0.3 is 0 Å². The molecule has 23 heavy (non-hydrogen) atoms. The highest BCUT2D eigenvalue weighted by atomic mass is 19.1. The average molecular weight is 311 g/mol. The molecule has 1 unspecified atom stereocenters. The Bertz CT molecular complexity index is 736. The highest BCUT2D eigenvalue weighted by Crippen LogP contribution is 2.37. The summed E-state index contributed by atoms with van der Waals surface area (Å²) in [6, 6.07) is 10.6. The molecule has 0 amide bonds. The molecule has 3 rings (SSSR count). The Labute approximate surface area is 135 Å². The third-order valence-electron chi connectivity index (χ3n) is 4.14. The molecule has 118 valence electrons. The number of anilines is 2. The summed E-state index contributed by atoms with van der Waals surface area (Å²) in [4.78, 5) is 3.95. The van der Waals surface area contributed by atoms with Gasteiger partial charge < -0.3 is 9.80 Å². The normalized spacial score (nSPS) is 17.1. The zero-order valence-electron chi connectivity index (χ0n) is 13.2. The van der Waals surface area contributed by atoms with E-state index in [0.29, 0.717) is 5.69 Å². The third kappa shape index (κ3) is 2.82. The second kappa shape index (κ2) is 6.21. The average Bonchev–Trinajstić information content (AvgIpc) is 3.04. The molecule has 2 aromatic rings. The van der Waals surface area contributed by atoms with E-state index in [0.717, 1.165) is 30.9 Å². The van der Waals surface area contributed by atoms with Crippen LogP contribution in [0.2, 0.25) is 0 Å². The minimum absolute atomic E-state index is 0.0209. The Morgan fingerprint density at radius 1 is 1.26 bits per heavy atom. The molecule has 0 bridgehead atoms. The minimum Gasteiger partial charge on any atom is -0.362 e. The van der Waals surface area contributed by atoms with Crippen molar-refractivity contribution in [2.24, 2.45) is 0 Å². The van der Waals surface area contributed by atoms with Crippen LogP contribution in [-0.2, 0) is 0 Å². The molecular weight excluding hydrogens is 293 g/mol. The molecule has 0 spiro atoms. The predicted molar refractivity (Wildman–Crippen MR) is 86.8 cm³/mol. The molecule has 0 radical (unpaired) electrons. The van der Waals surface area contributed by atoms with Crippen LogP contribution in [0.3, 0.4) is 0 Å². The van der Waals surface area contributed by atoms with Gasteiger partial charge in [-0.1, -0.05) is 6.07 Å². The van der Waals surface area contributed by atoms with E-state index in [1.165, 1.54) is 6.07 Å². The molecule has 0 saturated carbocycles. The molecule has 0 N–H and O–H groups in total. The number of nitriles is 1. The van der Waals surface area contributed by atoms with Crippen LogP contribution in [0.25, 0.3) is 0 Å². The number of hydrogen-bond donors (Lipinski definition) is 0. The van der Waals surface area contributed by atoms with Gasteiger partial charge in [0.2, 0.25) is 0 Å². The molecule has 1 fully saturated rings. The summed E-state index contributed by atoms with van der Waals surface area (Å²) in [6.07, 6.45) is 1.89. The summed E-state index contributed by atoms with van der Waals surface area (Å²) < 4.78 is 13.9. The lowest BCUT2D eigenvalue weighted by Gasteiger charge is -2.27. The number of aromatic nitrogens is 2. The van der Waals surface area contributed by atoms with Crippen molar-refractivity contribution in [1.82, 2.24) is 10.2 Å². The van der Waals surface area contributed by atoms with E-state index >= 15 is 0 Å². The van der Waals surface area contributed by atoms with Gasteiger partial charge in [-0.05, 0) is 37.1 Å². The molecule has 1 saturated heterocycles. The Hall–Kier alpha value is -2.68. The predicted octanol–water partition coefficient (Wildman–Crippen LogP) is 2.89. The molecule has 1 aromatic heterocycles. The first-order chi connectivity index (χ1) is 11.1. The van der Waals surface area contributed by atoms with E-state index in [9.17, 15) is 9.65 Å². The van der Waals surface area contributed by atoms with Crippen molar-refractivity contribution in [3.8, 4) is 6.07 Å². The van der Waals surface area contributed by atoms with Gasteiger partial charge in [0.05, 0.1) is 17.4 Å².